The summed E-state index contributed by atoms with van der Waals surface area (Å²) in [6.45, 7) is 4.82. The molecule has 0 radical (unpaired) electrons. The Hall–Kier alpha value is -0.940. The minimum atomic E-state index is -0.389. The molecule has 0 spiro atoms. The van der Waals surface area contributed by atoms with Crippen molar-refractivity contribution in [2.24, 2.45) is 11.8 Å². The van der Waals surface area contributed by atoms with E-state index in [0.717, 1.165) is 19.6 Å². The lowest BCUT2D eigenvalue weighted by Crippen LogP contribution is -2.38. The molecule has 3 unspecified atom stereocenters. The van der Waals surface area contributed by atoms with Crippen LogP contribution in [0.1, 0.15) is 17.3 Å². The van der Waals surface area contributed by atoms with Gasteiger partial charge in [0.15, 0.2) is 0 Å². The Morgan fingerprint density at radius 1 is 1.47 bits per heavy atom. The van der Waals surface area contributed by atoms with Crippen LogP contribution in [0.5, 0.6) is 0 Å². The maximum atomic E-state index is 13.5. The first-order valence-corrected chi connectivity index (χ1v) is 7.34. The van der Waals surface area contributed by atoms with Crippen molar-refractivity contribution in [2.45, 2.75) is 13.0 Å². The lowest BCUT2D eigenvalue weighted by atomic mass is 9.95. The number of likely N-dealkylation sites (tertiary alicyclic amines) is 1. The van der Waals surface area contributed by atoms with Gasteiger partial charge in [0.05, 0.1) is 4.47 Å². The summed E-state index contributed by atoms with van der Waals surface area (Å²) in [6.07, 6.45) is 0. The van der Waals surface area contributed by atoms with Crippen LogP contribution in [0.2, 0.25) is 0 Å². The van der Waals surface area contributed by atoms with Crippen LogP contribution in [-0.4, -0.2) is 36.5 Å². The molecule has 3 atom stereocenters. The summed E-state index contributed by atoms with van der Waals surface area (Å²) in [5.41, 5.74) is 0.431. The van der Waals surface area contributed by atoms with Crippen LogP contribution in [-0.2, 0) is 0 Å². The fourth-order valence-electron chi connectivity index (χ4n) is 3.23. The summed E-state index contributed by atoms with van der Waals surface area (Å²) in [4.78, 5) is 14.4. The van der Waals surface area contributed by atoms with Crippen LogP contribution in [0.25, 0.3) is 0 Å². The Morgan fingerprint density at radius 2 is 2.26 bits per heavy atom. The van der Waals surface area contributed by atoms with Gasteiger partial charge in [-0.1, -0.05) is 0 Å². The van der Waals surface area contributed by atoms with Gasteiger partial charge in [0.1, 0.15) is 5.82 Å². The molecule has 2 aliphatic heterocycles. The van der Waals surface area contributed by atoms with E-state index in [1.165, 1.54) is 6.07 Å². The summed E-state index contributed by atoms with van der Waals surface area (Å²) < 4.78 is 13.9. The normalized spacial score (nSPS) is 29.6. The molecule has 5 heteroatoms. The summed E-state index contributed by atoms with van der Waals surface area (Å²) in [7, 11) is 0. The molecule has 1 amide bonds. The topological polar surface area (TPSA) is 32.3 Å². The van der Waals surface area contributed by atoms with E-state index < -0.39 is 0 Å². The van der Waals surface area contributed by atoms with Gasteiger partial charge in [-0.15, -0.1) is 0 Å². The number of carbonyl (C=O) groups excluding carboxylic acids is 1. The smallest absolute Gasteiger partial charge is 0.254 e. The van der Waals surface area contributed by atoms with Crippen molar-refractivity contribution in [1.29, 1.82) is 0 Å². The number of amides is 1. The Labute approximate surface area is 120 Å². The molecule has 3 nitrogen and oxygen atoms in total. The predicted molar refractivity (Wildman–Crippen MR) is 74.4 cm³/mol. The first kappa shape index (κ1) is 13.1. The zero-order valence-corrected chi connectivity index (χ0v) is 12.3. The fourth-order valence-corrected chi connectivity index (χ4v) is 3.48. The minimum absolute atomic E-state index is 0.0618. The highest BCUT2D eigenvalue weighted by molar-refractivity contribution is 9.10. The molecular formula is C14H16BrFN2O. The number of carbonyl (C=O) groups is 1. The summed E-state index contributed by atoms with van der Waals surface area (Å²) in [5.74, 6) is 0.622. The van der Waals surface area contributed by atoms with E-state index in [4.69, 9.17) is 0 Å². The Kier molecular flexibility index (Phi) is 3.35. The van der Waals surface area contributed by atoms with Crippen molar-refractivity contribution in [3.8, 4) is 0 Å². The number of fused-ring (bicyclic) bond motifs is 1. The maximum absolute atomic E-state index is 13.5. The van der Waals surface area contributed by atoms with Crippen molar-refractivity contribution < 1.29 is 9.18 Å². The number of nitrogens with one attached hydrogen (secondary N) is 1. The van der Waals surface area contributed by atoms with Gasteiger partial charge >= 0.3 is 0 Å². The van der Waals surface area contributed by atoms with Crippen molar-refractivity contribution >= 4 is 21.8 Å². The molecule has 1 aromatic carbocycles. The maximum Gasteiger partial charge on any atom is 0.254 e. The largest absolute Gasteiger partial charge is 0.335 e. The highest BCUT2D eigenvalue weighted by Crippen LogP contribution is 2.33. The van der Waals surface area contributed by atoms with Crippen molar-refractivity contribution in [2.75, 3.05) is 19.6 Å². The lowest BCUT2D eigenvalue weighted by Gasteiger charge is -2.24. The molecule has 102 valence electrons. The fraction of sp³-hybridized carbons (Fsp3) is 0.500. The number of hydrogen-bond donors (Lipinski definition) is 1. The molecule has 2 heterocycles. The number of hydrogen-bond acceptors (Lipinski definition) is 2. The molecular weight excluding hydrogens is 311 g/mol. The molecule has 19 heavy (non-hydrogen) atoms. The number of nitrogens with zero attached hydrogens (tertiary/aromatic N) is 1. The quantitative estimate of drug-likeness (QED) is 0.858. The Bertz CT molecular complexity index is 522. The Morgan fingerprint density at radius 3 is 2.95 bits per heavy atom. The van der Waals surface area contributed by atoms with Crippen LogP contribution in [0.3, 0.4) is 0 Å². The second kappa shape index (κ2) is 4.87. The average molecular weight is 327 g/mol. The van der Waals surface area contributed by atoms with E-state index >= 15 is 0 Å². The average Bonchev–Trinajstić information content (AvgIpc) is 2.95. The molecule has 2 aliphatic rings. The molecule has 0 saturated carbocycles. The van der Waals surface area contributed by atoms with Gasteiger partial charge in [0.2, 0.25) is 0 Å². The molecule has 1 N–H and O–H groups in total. The third-order valence-electron chi connectivity index (χ3n) is 4.36. The standard InChI is InChI=1S/C14H16BrFN2O/c1-8-11-6-17-5-10(11)7-18(8)14(19)9-2-3-12(15)13(16)4-9/h2-4,8,10-11,17H,5-7H2,1H3. The van der Waals surface area contributed by atoms with Gasteiger partial charge in [-0.2, -0.15) is 0 Å². The van der Waals surface area contributed by atoms with E-state index in [1.807, 2.05) is 4.90 Å². The lowest BCUT2D eigenvalue weighted by molar-refractivity contribution is 0.0728. The highest BCUT2D eigenvalue weighted by atomic mass is 79.9. The van der Waals surface area contributed by atoms with Crippen LogP contribution >= 0.6 is 15.9 Å². The van der Waals surface area contributed by atoms with E-state index in [0.29, 0.717) is 21.9 Å². The summed E-state index contributed by atoms with van der Waals surface area (Å²) in [6, 6.07) is 4.80. The molecule has 2 fully saturated rings. The van der Waals surface area contributed by atoms with Gasteiger partial charge in [0.25, 0.3) is 5.91 Å². The van der Waals surface area contributed by atoms with E-state index in [-0.39, 0.29) is 17.8 Å². The van der Waals surface area contributed by atoms with Crippen LogP contribution in [0, 0.1) is 17.7 Å². The predicted octanol–water partition coefficient (Wildman–Crippen LogP) is 2.27. The number of rotatable bonds is 1. The zero-order valence-electron chi connectivity index (χ0n) is 10.7. The SMILES string of the molecule is CC1C2CNCC2CN1C(=O)c1ccc(Br)c(F)c1. The van der Waals surface area contributed by atoms with Crippen LogP contribution in [0.15, 0.2) is 22.7 Å². The van der Waals surface area contributed by atoms with Crippen LogP contribution < -0.4 is 5.32 Å². The van der Waals surface area contributed by atoms with Gasteiger partial charge in [-0.25, -0.2) is 4.39 Å². The van der Waals surface area contributed by atoms with Gasteiger partial charge < -0.3 is 10.2 Å². The third kappa shape index (κ3) is 2.19. The van der Waals surface area contributed by atoms with Gasteiger partial charge in [-0.05, 0) is 52.9 Å². The first-order chi connectivity index (χ1) is 9.08. The molecule has 1 aromatic rings. The van der Waals surface area contributed by atoms with Gasteiger partial charge in [0, 0.05) is 31.2 Å². The second-order valence-electron chi connectivity index (χ2n) is 5.41. The zero-order chi connectivity index (χ0) is 13.6. The first-order valence-electron chi connectivity index (χ1n) is 6.54. The van der Waals surface area contributed by atoms with Gasteiger partial charge in [-0.3, -0.25) is 4.79 Å². The molecule has 3 rings (SSSR count). The minimum Gasteiger partial charge on any atom is -0.335 e. The van der Waals surface area contributed by atoms with Crippen molar-refractivity contribution in [3.63, 3.8) is 0 Å². The molecule has 0 bridgehead atoms. The molecule has 0 aliphatic carbocycles. The number of halogens is 2. The Balaban J connectivity index is 1.82. The van der Waals surface area contributed by atoms with E-state index in [9.17, 15) is 9.18 Å². The molecule has 2 saturated heterocycles. The van der Waals surface area contributed by atoms with E-state index in [2.05, 4.69) is 28.2 Å². The monoisotopic (exact) mass is 326 g/mol. The van der Waals surface area contributed by atoms with Crippen LogP contribution in [0.4, 0.5) is 4.39 Å². The van der Waals surface area contributed by atoms with Crippen molar-refractivity contribution in [3.05, 3.63) is 34.1 Å². The molecule has 0 aromatic heterocycles. The summed E-state index contributed by atoms with van der Waals surface area (Å²) in [5, 5.41) is 3.37. The summed E-state index contributed by atoms with van der Waals surface area (Å²) >= 11 is 3.11. The second-order valence-corrected chi connectivity index (χ2v) is 6.26. The highest BCUT2D eigenvalue weighted by Gasteiger charge is 2.43. The third-order valence-corrected chi connectivity index (χ3v) is 5.01. The van der Waals surface area contributed by atoms with Crippen molar-refractivity contribution in [1.82, 2.24) is 10.2 Å². The number of benzene rings is 1. The van der Waals surface area contributed by atoms with E-state index in [1.54, 1.807) is 12.1 Å².